The molecule has 39 heavy (non-hydrogen) atoms. The lowest BCUT2D eigenvalue weighted by Crippen LogP contribution is -2.39. The highest BCUT2D eigenvalue weighted by Gasteiger charge is 2.37. The zero-order valence-corrected chi connectivity index (χ0v) is 23.9. The first-order chi connectivity index (χ1) is 18.7. The van der Waals surface area contributed by atoms with Gasteiger partial charge in [0.05, 0.1) is 12.4 Å². The van der Waals surface area contributed by atoms with E-state index < -0.39 is 17.3 Å². The summed E-state index contributed by atoms with van der Waals surface area (Å²) in [6, 6.07) is 22.2. The van der Waals surface area contributed by atoms with E-state index in [1.54, 1.807) is 19.2 Å². The molecule has 5 atom stereocenters. The van der Waals surface area contributed by atoms with Gasteiger partial charge in [0.1, 0.15) is 23.4 Å². The van der Waals surface area contributed by atoms with Gasteiger partial charge in [-0.2, -0.15) is 0 Å². The van der Waals surface area contributed by atoms with Gasteiger partial charge in [-0.05, 0) is 78.6 Å². The van der Waals surface area contributed by atoms with Crippen LogP contribution >= 0.6 is 11.8 Å². The molecule has 0 bridgehead atoms. The molecule has 0 saturated heterocycles. The van der Waals surface area contributed by atoms with Crippen LogP contribution in [0, 0.1) is 17.8 Å². The lowest BCUT2D eigenvalue weighted by Gasteiger charge is -2.37. The Hall–Kier alpha value is -3.16. The monoisotopic (exact) mass is 549 g/mol. The van der Waals surface area contributed by atoms with E-state index in [0.717, 1.165) is 24.8 Å². The number of rotatable bonds is 10. The van der Waals surface area contributed by atoms with E-state index in [2.05, 4.69) is 20.8 Å². The molecular formula is C32H39NO5S. The Labute approximate surface area is 235 Å². The molecule has 4 rings (SSSR count). The second-order valence-corrected chi connectivity index (χ2v) is 11.9. The van der Waals surface area contributed by atoms with Gasteiger partial charge in [-0.25, -0.2) is 4.79 Å². The van der Waals surface area contributed by atoms with Crippen LogP contribution in [-0.4, -0.2) is 30.4 Å². The Morgan fingerprint density at radius 1 is 0.974 bits per heavy atom. The van der Waals surface area contributed by atoms with Gasteiger partial charge in [0.25, 0.3) is 0 Å². The summed E-state index contributed by atoms with van der Waals surface area (Å²) in [5, 5.41) is 10.8. The molecule has 0 radical (unpaired) electrons. The number of aliphatic hydroxyl groups excluding tert-OH is 1. The van der Waals surface area contributed by atoms with Gasteiger partial charge in [-0.1, -0.05) is 57.5 Å². The van der Waals surface area contributed by atoms with Crippen LogP contribution in [0.15, 0.2) is 77.7 Å². The van der Waals surface area contributed by atoms with Gasteiger partial charge in [0.15, 0.2) is 6.10 Å². The number of nitrogens with two attached hydrogens (primary N) is 1. The van der Waals surface area contributed by atoms with Crippen LogP contribution in [0.4, 0.5) is 5.69 Å². The number of esters is 1. The zero-order valence-electron chi connectivity index (χ0n) is 23.1. The number of carbonyl (C=O) groups is 1. The lowest BCUT2D eigenvalue weighted by molar-refractivity contribution is -0.166. The second kappa shape index (κ2) is 13.3. The molecule has 0 amide bonds. The molecule has 1 fully saturated rings. The number of benzene rings is 3. The largest absolute Gasteiger partial charge is 0.497 e. The molecule has 1 aliphatic carbocycles. The van der Waals surface area contributed by atoms with Crippen molar-refractivity contribution in [3.63, 3.8) is 0 Å². The smallest absolute Gasteiger partial charge is 0.336 e. The molecule has 1 saturated carbocycles. The third kappa shape index (κ3) is 7.49. The first-order valence-corrected chi connectivity index (χ1v) is 14.4. The van der Waals surface area contributed by atoms with Gasteiger partial charge < -0.3 is 25.1 Å². The maximum absolute atomic E-state index is 13.4. The summed E-state index contributed by atoms with van der Waals surface area (Å²) in [5.41, 5.74) is 7.64. The van der Waals surface area contributed by atoms with Crippen LogP contribution in [-0.2, 0) is 9.53 Å². The summed E-state index contributed by atoms with van der Waals surface area (Å²) < 4.78 is 17.4. The molecular weight excluding hydrogens is 510 g/mol. The summed E-state index contributed by atoms with van der Waals surface area (Å²) in [6.45, 7) is 6.53. The molecule has 1 aliphatic rings. The van der Waals surface area contributed by atoms with Gasteiger partial charge in [0, 0.05) is 10.6 Å². The van der Waals surface area contributed by atoms with Crippen LogP contribution < -0.4 is 15.2 Å². The minimum Gasteiger partial charge on any atom is -0.497 e. The number of hydrogen-bond donors (Lipinski definition) is 2. The van der Waals surface area contributed by atoms with Gasteiger partial charge in [-0.15, -0.1) is 11.8 Å². The number of aliphatic hydroxyl groups is 1. The molecule has 3 aromatic carbocycles. The molecule has 3 N–H and O–H groups in total. The van der Waals surface area contributed by atoms with E-state index in [4.69, 9.17) is 19.9 Å². The topological polar surface area (TPSA) is 91.0 Å². The Morgan fingerprint density at radius 3 is 2.33 bits per heavy atom. The Balaban J connectivity index is 1.59. The normalized spacial score (nSPS) is 20.7. The molecule has 0 aliphatic heterocycles. The Kier molecular flexibility index (Phi) is 9.81. The number of hydrogen-bond acceptors (Lipinski definition) is 7. The van der Waals surface area contributed by atoms with Crippen molar-refractivity contribution in [2.24, 2.45) is 17.8 Å². The van der Waals surface area contributed by atoms with Crippen molar-refractivity contribution in [2.45, 2.75) is 62.4 Å². The molecule has 0 spiro atoms. The van der Waals surface area contributed by atoms with Crippen molar-refractivity contribution < 1.29 is 24.1 Å². The summed E-state index contributed by atoms with van der Waals surface area (Å²) in [5.74, 6) is 2.55. The fraction of sp³-hybridized carbons (Fsp3) is 0.406. The highest BCUT2D eigenvalue weighted by molar-refractivity contribution is 7.99. The van der Waals surface area contributed by atoms with Crippen LogP contribution in [0.1, 0.15) is 50.8 Å². The number of para-hydroxylation sites is 1. The Morgan fingerprint density at radius 2 is 1.67 bits per heavy atom. The van der Waals surface area contributed by atoms with Crippen LogP contribution in [0.5, 0.6) is 17.2 Å². The molecule has 0 heterocycles. The van der Waals surface area contributed by atoms with E-state index in [1.165, 1.54) is 11.8 Å². The summed E-state index contributed by atoms with van der Waals surface area (Å²) in [4.78, 5) is 14.1. The standard InChI is InChI=1S/C32H39NO5S/c1-20(2)26-16-10-21(3)18-28(26)38-32(35)30(34)31(22-11-13-23(36-4)14-12-22)39-29-19-25(15-17-27(29)33)37-24-8-6-5-7-9-24/h5-9,11-15,17,19-21,26,28,30-31,34H,10,16,18,33H2,1-4H3/t21-,26+,28-,30-,31+/m1/s1. The van der Waals surface area contributed by atoms with Crippen molar-refractivity contribution in [2.75, 3.05) is 12.8 Å². The number of carbonyl (C=O) groups excluding carboxylic acids is 1. The number of nitrogen functional groups attached to an aromatic ring is 1. The summed E-state index contributed by atoms with van der Waals surface area (Å²) in [7, 11) is 1.60. The summed E-state index contributed by atoms with van der Waals surface area (Å²) >= 11 is 1.32. The SMILES string of the molecule is COc1ccc([C@H](Sc2cc(Oc3ccccc3)ccc2N)[C@@H](O)C(=O)O[C@@H]2C[C@H](C)CC[C@H]2C(C)C)cc1. The minimum absolute atomic E-state index is 0.204. The van der Waals surface area contributed by atoms with Gasteiger partial charge in [-0.3, -0.25) is 0 Å². The Bertz CT molecular complexity index is 1220. The minimum atomic E-state index is -1.40. The molecule has 0 aromatic heterocycles. The van der Waals surface area contributed by atoms with E-state index in [9.17, 15) is 9.90 Å². The van der Waals surface area contributed by atoms with Crippen LogP contribution in [0.2, 0.25) is 0 Å². The average Bonchev–Trinajstić information content (AvgIpc) is 2.93. The fourth-order valence-electron chi connectivity index (χ4n) is 5.14. The number of thioether (sulfide) groups is 1. The van der Waals surface area contributed by atoms with Gasteiger partial charge >= 0.3 is 5.97 Å². The number of methoxy groups -OCH3 is 1. The van der Waals surface area contributed by atoms with Crippen molar-refractivity contribution >= 4 is 23.4 Å². The first kappa shape index (κ1) is 28.8. The third-order valence-electron chi connectivity index (χ3n) is 7.42. The van der Waals surface area contributed by atoms with Crippen LogP contribution in [0.3, 0.4) is 0 Å². The summed E-state index contributed by atoms with van der Waals surface area (Å²) in [6.07, 6.45) is 1.36. The van der Waals surface area contributed by atoms with E-state index in [-0.39, 0.29) is 12.0 Å². The van der Waals surface area contributed by atoms with Crippen molar-refractivity contribution in [3.05, 3.63) is 78.4 Å². The molecule has 6 nitrogen and oxygen atoms in total. The first-order valence-electron chi connectivity index (χ1n) is 13.6. The molecule has 0 unspecified atom stereocenters. The van der Waals surface area contributed by atoms with Crippen LogP contribution in [0.25, 0.3) is 0 Å². The van der Waals surface area contributed by atoms with Crippen molar-refractivity contribution in [1.82, 2.24) is 0 Å². The maximum atomic E-state index is 13.4. The number of ether oxygens (including phenoxy) is 3. The number of anilines is 1. The average molecular weight is 550 g/mol. The predicted octanol–water partition coefficient (Wildman–Crippen LogP) is 7.27. The van der Waals surface area contributed by atoms with E-state index >= 15 is 0 Å². The predicted molar refractivity (Wildman–Crippen MR) is 156 cm³/mol. The zero-order chi connectivity index (χ0) is 27.9. The molecule has 3 aromatic rings. The third-order valence-corrected chi connectivity index (χ3v) is 8.81. The van der Waals surface area contributed by atoms with Crippen molar-refractivity contribution in [3.8, 4) is 17.2 Å². The molecule has 208 valence electrons. The maximum Gasteiger partial charge on any atom is 0.336 e. The highest BCUT2D eigenvalue weighted by Crippen LogP contribution is 2.43. The van der Waals surface area contributed by atoms with Gasteiger partial charge in [0.2, 0.25) is 0 Å². The quantitative estimate of drug-likeness (QED) is 0.156. The second-order valence-electron chi connectivity index (χ2n) is 10.7. The fourth-order valence-corrected chi connectivity index (χ4v) is 6.34. The van der Waals surface area contributed by atoms with E-state index in [0.29, 0.717) is 39.7 Å². The molecule has 7 heteroatoms. The van der Waals surface area contributed by atoms with E-state index in [1.807, 2.05) is 60.7 Å². The van der Waals surface area contributed by atoms with Crippen molar-refractivity contribution in [1.29, 1.82) is 0 Å². The lowest BCUT2D eigenvalue weighted by atomic mass is 9.75. The highest BCUT2D eigenvalue weighted by atomic mass is 32.2.